The number of ether oxygens (including phenoxy) is 2. The molecular formula is C21H19ClN2O4S. The van der Waals surface area contributed by atoms with Gasteiger partial charge in [-0.05, 0) is 42.8 Å². The fourth-order valence-corrected chi connectivity index (χ4v) is 3.66. The number of nitrogens with zero attached hydrogens (tertiary/aromatic N) is 1. The van der Waals surface area contributed by atoms with Gasteiger partial charge in [-0.1, -0.05) is 23.7 Å². The average molecular weight is 431 g/mol. The summed E-state index contributed by atoms with van der Waals surface area (Å²) in [6.07, 6.45) is 3.14. The number of amides is 1. The summed E-state index contributed by atoms with van der Waals surface area (Å²) in [4.78, 5) is 28.4. The van der Waals surface area contributed by atoms with Crippen LogP contribution in [0.15, 0.2) is 48.7 Å². The number of aldehydes is 1. The molecule has 2 aromatic carbocycles. The number of aromatic nitrogens is 1. The summed E-state index contributed by atoms with van der Waals surface area (Å²) in [5.41, 5.74) is 1.55. The number of hydrogen-bond acceptors (Lipinski definition) is 6. The Hall–Kier alpha value is -2.90. The van der Waals surface area contributed by atoms with E-state index in [4.69, 9.17) is 21.1 Å². The molecule has 8 heteroatoms. The SMILES string of the molecule is CCOc1cc(C=O)ccc1OCC(=O)Nc1ncc(Cc2cccc(Cl)c2)s1. The maximum atomic E-state index is 12.2. The molecule has 3 rings (SSSR count). The lowest BCUT2D eigenvalue weighted by molar-refractivity contribution is -0.118. The molecule has 0 aliphatic rings. The van der Waals surface area contributed by atoms with E-state index in [0.29, 0.717) is 40.2 Å². The largest absolute Gasteiger partial charge is 0.490 e. The van der Waals surface area contributed by atoms with Crippen molar-refractivity contribution < 1.29 is 19.1 Å². The Morgan fingerprint density at radius 3 is 2.83 bits per heavy atom. The highest BCUT2D eigenvalue weighted by Crippen LogP contribution is 2.28. The van der Waals surface area contributed by atoms with Crippen LogP contribution in [-0.2, 0) is 11.2 Å². The molecule has 0 saturated carbocycles. The van der Waals surface area contributed by atoms with Gasteiger partial charge in [0.15, 0.2) is 23.2 Å². The highest BCUT2D eigenvalue weighted by Gasteiger charge is 2.11. The van der Waals surface area contributed by atoms with Gasteiger partial charge in [0, 0.05) is 28.1 Å². The van der Waals surface area contributed by atoms with Gasteiger partial charge >= 0.3 is 0 Å². The zero-order chi connectivity index (χ0) is 20.6. The molecule has 0 aliphatic carbocycles. The van der Waals surface area contributed by atoms with Gasteiger partial charge in [0.25, 0.3) is 5.91 Å². The molecule has 1 heterocycles. The van der Waals surface area contributed by atoms with Gasteiger partial charge in [-0.3, -0.25) is 14.9 Å². The minimum absolute atomic E-state index is 0.205. The predicted molar refractivity (Wildman–Crippen MR) is 113 cm³/mol. The lowest BCUT2D eigenvalue weighted by Gasteiger charge is -2.11. The molecule has 1 aromatic heterocycles. The molecule has 29 heavy (non-hydrogen) atoms. The molecule has 0 fully saturated rings. The summed E-state index contributed by atoms with van der Waals surface area (Å²) < 4.78 is 11.0. The minimum atomic E-state index is -0.337. The van der Waals surface area contributed by atoms with Crippen LogP contribution in [0.5, 0.6) is 11.5 Å². The van der Waals surface area contributed by atoms with Gasteiger partial charge in [-0.2, -0.15) is 0 Å². The van der Waals surface area contributed by atoms with Gasteiger partial charge in [0.05, 0.1) is 6.61 Å². The third-order valence-corrected chi connectivity index (χ3v) is 4.98. The molecule has 0 unspecified atom stereocenters. The number of anilines is 1. The van der Waals surface area contributed by atoms with Crippen LogP contribution in [0.4, 0.5) is 5.13 Å². The quantitative estimate of drug-likeness (QED) is 0.501. The summed E-state index contributed by atoms with van der Waals surface area (Å²) >= 11 is 7.40. The smallest absolute Gasteiger partial charge is 0.264 e. The maximum absolute atomic E-state index is 12.2. The highest BCUT2D eigenvalue weighted by molar-refractivity contribution is 7.15. The van der Waals surface area contributed by atoms with E-state index < -0.39 is 0 Å². The third-order valence-electron chi connectivity index (χ3n) is 3.83. The number of benzene rings is 2. The fraction of sp³-hybridized carbons (Fsp3) is 0.190. The molecule has 0 saturated heterocycles. The van der Waals surface area contributed by atoms with Crippen LogP contribution in [-0.4, -0.2) is 30.4 Å². The standard InChI is InChI=1S/C21H19ClN2O4S/c1-2-27-19-10-15(12-25)6-7-18(19)28-13-20(26)24-21-23-11-17(29-21)9-14-4-3-5-16(22)8-14/h3-8,10-12H,2,9,13H2,1H3,(H,23,24,26). The van der Waals surface area contributed by atoms with E-state index in [0.717, 1.165) is 16.7 Å². The van der Waals surface area contributed by atoms with E-state index in [1.165, 1.54) is 11.3 Å². The number of hydrogen-bond donors (Lipinski definition) is 1. The van der Waals surface area contributed by atoms with Crippen molar-refractivity contribution in [1.29, 1.82) is 0 Å². The van der Waals surface area contributed by atoms with E-state index in [2.05, 4.69) is 10.3 Å². The van der Waals surface area contributed by atoms with Gasteiger partial charge in [-0.15, -0.1) is 11.3 Å². The second-order valence-electron chi connectivity index (χ2n) is 6.03. The Kier molecular flexibility index (Phi) is 7.21. The second kappa shape index (κ2) is 10.0. The van der Waals surface area contributed by atoms with Crippen LogP contribution >= 0.6 is 22.9 Å². The number of nitrogens with one attached hydrogen (secondary N) is 1. The lowest BCUT2D eigenvalue weighted by Crippen LogP contribution is -2.20. The van der Waals surface area contributed by atoms with E-state index in [1.54, 1.807) is 24.4 Å². The van der Waals surface area contributed by atoms with Crippen molar-refractivity contribution in [3.63, 3.8) is 0 Å². The topological polar surface area (TPSA) is 77.5 Å². The molecule has 3 aromatic rings. The molecular weight excluding hydrogens is 412 g/mol. The van der Waals surface area contributed by atoms with Crippen LogP contribution < -0.4 is 14.8 Å². The number of carbonyl (C=O) groups excluding carboxylic acids is 2. The monoisotopic (exact) mass is 430 g/mol. The lowest BCUT2D eigenvalue weighted by atomic mass is 10.1. The number of carbonyl (C=O) groups is 2. The molecule has 1 N–H and O–H groups in total. The third kappa shape index (κ3) is 6.04. The average Bonchev–Trinajstić information content (AvgIpc) is 3.13. The van der Waals surface area contributed by atoms with Crippen LogP contribution in [0.3, 0.4) is 0 Å². The molecule has 150 valence electrons. The second-order valence-corrected chi connectivity index (χ2v) is 7.58. The maximum Gasteiger partial charge on any atom is 0.264 e. The van der Waals surface area contributed by atoms with E-state index in [-0.39, 0.29) is 12.5 Å². The molecule has 0 spiro atoms. The molecule has 6 nitrogen and oxygen atoms in total. The summed E-state index contributed by atoms with van der Waals surface area (Å²) in [7, 11) is 0. The summed E-state index contributed by atoms with van der Waals surface area (Å²) in [6.45, 7) is 2.04. The predicted octanol–water partition coefficient (Wildman–Crippen LogP) is 4.62. The van der Waals surface area contributed by atoms with Crippen molar-refractivity contribution in [3.05, 3.63) is 69.7 Å². The van der Waals surface area contributed by atoms with Crippen molar-refractivity contribution in [2.75, 3.05) is 18.5 Å². The first-order chi connectivity index (χ1) is 14.1. The summed E-state index contributed by atoms with van der Waals surface area (Å²) in [5.74, 6) is 0.479. The van der Waals surface area contributed by atoms with Gasteiger partial charge in [0.1, 0.15) is 6.29 Å². The van der Waals surface area contributed by atoms with Gasteiger partial charge < -0.3 is 9.47 Å². The first kappa shape index (κ1) is 20.8. The summed E-state index contributed by atoms with van der Waals surface area (Å²) in [5, 5.41) is 3.91. The first-order valence-electron chi connectivity index (χ1n) is 8.91. The minimum Gasteiger partial charge on any atom is -0.490 e. The molecule has 1 amide bonds. The zero-order valence-electron chi connectivity index (χ0n) is 15.7. The summed E-state index contributed by atoms with van der Waals surface area (Å²) in [6, 6.07) is 12.4. The zero-order valence-corrected chi connectivity index (χ0v) is 17.3. The molecule has 0 radical (unpaired) electrons. The van der Waals surface area contributed by atoms with Crippen molar-refractivity contribution in [3.8, 4) is 11.5 Å². The Morgan fingerprint density at radius 2 is 2.07 bits per heavy atom. The van der Waals surface area contributed by atoms with Crippen LogP contribution in [0.2, 0.25) is 5.02 Å². The van der Waals surface area contributed by atoms with Gasteiger partial charge in [-0.25, -0.2) is 4.98 Å². The van der Waals surface area contributed by atoms with Crippen molar-refractivity contribution in [2.45, 2.75) is 13.3 Å². The normalized spacial score (nSPS) is 10.4. The number of thiazole rings is 1. The Labute approximate surface area is 177 Å². The Morgan fingerprint density at radius 1 is 1.21 bits per heavy atom. The van der Waals surface area contributed by atoms with Crippen molar-refractivity contribution in [2.24, 2.45) is 0 Å². The number of rotatable bonds is 9. The van der Waals surface area contributed by atoms with Crippen LogP contribution in [0.25, 0.3) is 0 Å². The van der Waals surface area contributed by atoms with E-state index in [9.17, 15) is 9.59 Å². The highest BCUT2D eigenvalue weighted by atomic mass is 35.5. The Bertz CT molecular complexity index is 1010. The van der Waals surface area contributed by atoms with Crippen molar-refractivity contribution >= 4 is 40.3 Å². The van der Waals surface area contributed by atoms with Crippen LogP contribution in [0.1, 0.15) is 27.7 Å². The fourth-order valence-electron chi connectivity index (χ4n) is 2.58. The molecule has 0 bridgehead atoms. The van der Waals surface area contributed by atoms with Gasteiger partial charge in [0.2, 0.25) is 0 Å². The number of halogens is 1. The van der Waals surface area contributed by atoms with Crippen LogP contribution in [0, 0.1) is 0 Å². The first-order valence-corrected chi connectivity index (χ1v) is 10.1. The van der Waals surface area contributed by atoms with E-state index in [1.807, 2.05) is 31.2 Å². The Balaban J connectivity index is 1.56. The van der Waals surface area contributed by atoms with E-state index >= 15 is 0 Å². The van der Waals surface area contributed by atoms with Crippen molar-refractivity contribution in [1.82, 2.24) is 4.98 Å². The molecule has 0 aliphatic heterocycles. The molecule has 0 atom stereocenters.